The summed E-state index contributed by atoms with van der Waals surface area (Å²) >= 11 is 1.44. The van der Waals surface area contributed by atoms with Crippen LogP contribution < -0.4 is 15.4 Å². The third kappa shape index (κ3) is 1.88. The number of phenols is 1. The second-order valence-electron chi connectivity index (χ2n) is 5.07. The van der Waals surface area contributed by atoms with Gasteiger partial charge in [-0.15, -0.1) is 11.3 Å². The van der Waals surface area contributed by atoms with Gasteiger partial charge in [-0.2, -0.15) is 0 Å². The van der Waals surface area contributed by atoms with Gasteiger partial charge >= 0.3 is 0 Å². The molecule has 2 aromatic carbocycles. The van der Waals surface area contributed by atoms with Gasteiger partial charge in [0.1, 0.15) is 5.82 Å². The molecule has 3 aromatic rings. The van der Waals surface area contributed by atoms with Gasteiger partial charge in [-0.1, -0.05) is 0 Å². The van der Waals surface area contributed by atoms with E-state index in [1.807, 2.05) is 6.07 Å². The zero-order valence-electron chi connectivity index (χ0n) is 11.7. The summed E-state index contributed by atoms with van der Waals surface area (Å²) in [7, 11) is 1.53. The van der Waals surface area contributed by atoms with E-state index in [4.69, 9.17) is 4.74 Å². The molecule has 3 N–H and O–H groups in total. The number of hydrogen-bond acceptors (Lipinski definition) is 5. The van der Waals surface area contributed by atoms with Gasteiger partial charge < -0.3 is 20.5 Å². The molecule has 1 aliphatic rings. The minimum Gasteiger partial charge on any atom is -0.503 e. The van der Waals surface area contributed by atoms with Crippen LogP contribution in [-0.2, 0) is 6.54 Å². The average Bonchev–Trinajstić information content (AvgIpc) is 2.76. The summed E-state index contributed by atoms with van der Waals surface area (Å²) in [5.41, 5.74) is 2.60. The normalized spacial score (nSPS) is 12.8. The number of fused-ring (bicyclic) bond motifs is 4. The van der Waals surface area contributed by atoms with Crippen molar-refractivity contribution < 1.29 is 14.2 Å². The molecule has 112 valence electrons. The van der Waals surface area contributed by atoms with Gasteiger partial charge in [0, 0.05) is 17.5 Å². The first kappa shape index (κ1) is 13.2. The maximum absolute atomic E-state index is 13.4. The van der Waals surface area contributed by atoms with E-state index in [0.717, 1.165) is 26.3 Å². The Labute approximate surface area is 130 Å². The van der Waals surface area contributed by atoms with Crippen molar-refractivity contribution in [3.8, 4) is 11.5 Å². The third-order valence-electron chi connectivity index (χ3n) is 3.80. The maximum atomic E-state index is 13.4. The van der Waals surface area contributed by atoms with Gasteiger partial charge in [0.2, 0.25) is 0 Å². The smallest absolute Gasteiger partial charge is 0.175 e. The van der Waals surface area contributed by atoms with Crippen LogP contribution in [0.4, 0.5) is 20.8 Å². The maximum Gasteiger partial charge on any atom is 0.175 e. The third-order valence-corrected chi connectivity index (χ3v) is 4.97. The molecule has 0 saturated heterocycles. The summed E-state index contributed by atoms with van der Waals surface area (Å²) < 4.78 is 19.4. The Morgan fingerprint density at radius 1 is 1.23 bits per heavy atom. The summed E-state index contributed by atoms with van der Waals surface area (Å²) in [4.78, 5) is 0. The van der Waals surface area contributed by atoms with E-state index in [-0.39, 0.29) is 11.6 Å². The molecular formula is C16H13FN2O2S. The molecule has 4 rings (SSSR count). The molecule has 0 bridgehead atoms. The zero-order valence-corrected chi connectivity index (χ0v) is 12.6. The number of phenolic OH excluding ortho intramolecular Hbond substituents is 1. The molecule has 4 nitrogen and oxygen atoms in total. The highest BCUT2D eigenvalue weighted by Crippen LogP contribution is 2.47. The van der Waals surface area contributed by atoms with Crippen molar-refractivity contribution in [2.45, 2.75) is 6.54 Å². The number of thiophene rings is 1. The second kappa shape index (κ2) is 4.78. The van der Waals surface area contributed by atoms with Gasteiger partial charge in [-0.25, -0.2) is 4.39 Å². The minimum absolute atomic E-state index is 0.138. The lowest BCUT2D eigenvalue weighted by atomic mass is 10.1. The number of aromatic hydroxyl groups is 1. The van der Waals surface area contributed by atoms with Crippen LogP contribution in [0.25, 0.3) is 10.1 Å². The molecule has 0 unspecified atom stereocenters. The van der Waals surface area contributed by atoms with Crippen molar-refractivity contribution in [3.05, 3.63) is 41.7 Å². The SMILES string of the molecule is COc1ccc2c3c(sc2c1O)Nc1cc(F)ccc1NC3. The molecule has 2 heterocycles. The first-order chi connectivity index (χ1) is 10.7. The largest absolute Gasteiger partial charge is 0.503 e. The van der Waals surface area contributed by atoms with E-state index in [1.165, 1.54) is 30.6 Å². The van der Waals surface area contributed by atoms with Crippen LogP contribution in [0, 0.1) is 5.82 Å². The van der Waals surface area contributed by atoms with E-state index in [9.17, 15) is 9.50 Å². The highest BCUT2D eigenvalue weighted by atomic mass is 32.1. The molecule has 0 aliphatic carbocycles. The number of hydrogen-bond donors (Lipinski definition) is 3. The summed E-state index contributed by atoms with van der Waals surface area (Å²) in [6.07, 6.45) is 0. The van der Waals surface area contributed by atoms with Crippen molar-refractivity contribution in [1.82, 2.24) is 0 Å². The standard InChI is InChI=1S/C16H13FN2O2S/c1-21-13-5-3-9-10-7-18-11-4-2-8(17)6-12(11)19-16(10)22-15(9)14(13)20/h2-6,18-20H,7H2,1H3. The highest BCUT2D eigenvalue weighted by Gasteiger charge is 2.20. The van der Waals surface area contributed by atoms with E-state index >= 15 is 0 Å². The van der Waals surface area contributed by atoms with Crippen LogP contribution in [0.2, 0.25) is 0 Å². The molecule has 0 radical (unpaired) electrons. The molecule has 1 aliphatic heterocycles. The Kier molecular flexibility index (Phi) is 2.87. The molecular weight excluding hydrogens is 303 g/mol. The molecule has 22 heavy (non-hydrogen) atoms. The van der Waals surface area contributed by atoms with E-state index in [1.54, 1.807) is 12.1 Å². The molecule has 6 heteroatoms. The summed E-state index contributed by atoms with van der Waals surface area (Å²) in [5.74, 6) is 0.296. The first-order valence-corrected chi connectivity index (χ1v) is 7.61. The monoisotopic (exact) mass is 316 g/mol. The van der Waals surface area contributed by atoms with Crippen molar-refractivity contribution in [3.63, 3.8) is 0 Å². The molecule has 0 fully saturated rings. The van der Waals surface area contributed by atoms with Crippen molar-refractivity contribution in [2.75, 3.05) is 17.7 Å². The summed E-state index contributed by atoms with van der Waals surface area (Å²) in [5, 5.41) is 18.7. The Bertz CT molecular complexity index is 891. The Morgan fingerprint density at radius 2 is 2.09 bits per heavy atom. The van der Waals surface area contributed by atoms with Gasteiger partial charge in [0.05, 0.1) is 28.2 Å². The number of rotatable bonds is 1. The van der Waals surface area contributed by atoms with Crippen LogP contribution in [0.1, 0.15) is 5.56 Å². The van der Waals surface area contributed by atoms with Crippen molar-refractivity contribution in [1.29, 1.82) is 0 Å². The van der Waals surface area contributed by atoms with Crippen LogP contribution in [0.15, 0.2) is 30.3 Å². The van der Waals surface area contributed by atoms with E-state index < -0.39 is 0 Å². The van der Waals surface area contributed by atoms with E-state index in [2.05, 4.69) is 10.6 Å². The van der Waals surface area contributed by atoms with Crippen molar-refractivity contribution >= 4 is 37.8 Å². The molecule has 0 amide bonds. The minimum atomic E-state index is -0.290. The Hall–Kier alpha value is -2.47. The van der Waals surface area contributed by atoms with Crippen LogP contribution in [0.5, 0.6) is 11.5 Å². The number of ether oxygens (including phenoxy) is 1. The molecule has 0 atom stereocenters. The number of anilines is 3. The summed E-state index contributed by atoms with van der Waals surface area (Å²) in [6, 6.07) is 8.30. The lowest BCUT2D eigenvalue weighted by molar-refractivity contribution is 0.377. The lowest BCUT2D eigenvalue weighted by Crippen LogP contribution is -1.97. The quantitative estimate of drug-likeness (QED) is 0.622. The highest BCUT2D eigenvalue weighted by molar-refractivity contribution is 7.23. The molecule has 0 spiro atoms. The van der Waals surface area contributed by atoms with Crippen molar-refractivity contribution in [2.24, 2.45) is 0 Å². The zero-order chi connectivity index (χ0) is 15.3. The van der Waals surface area contributed by atoms with E-state index in [0.29, 0.717) is 18.0 Å². The lowest BCUT2D eigenvalue weighted by Gasteiger charge is -2.08. The fraction of sp³-hybridized carbons (Fsp3) is 0.125. The fourth-order valence-electron chi connectivity index (χ4n) is 2.70. The number of halogens is 1. The second-order valence-corrected chi connectivity index (χ2v) is 6.09. The van der Waals surface area contributed by atoms with Crippen LogP contribution in [0.3, 0.4) is 0 Å². The van der Waals surface area contributed by atoms with Gasteiger partial charge in [0.25, 0.3) is 0 Å². The van der Waals surface area contributed by atoms with Gasteiger partial charge in [0.15, 0.2) is 11.5 Å². The molecule has 0 saturated carbocycles. The number of benzene rings is 2. The van der Waals surface area contributed by atoms with Crippen LogP contribution in [-0.4, -0.2) is 12.2 Å². The average molecular weight is 316 g/mol. The first-order valence-electron chi connectivity index (χ1n) is 6.79. The predicted molar refractivity (Wildman–Crippen MR) is 87.1 cm³/mol. The Morgan fingerprint density at radius 3 is 2.91 bits per heavy atom. The molecule has 1 aromatic heterocycles. The number of nitrogens with one attached hydrogen (secondary N) is 2. The van der Waals surface area contributed by atoms with Crippen LogP contribution >= 0.6 is 11.3 Å². The van der Waals surface area contributed by atoms with Gasteiger partial charge in [-0.05, 0) is 30.3 Å². The van der Waals surface area contributed by atoms with Gasteiger partial charge in [-0.3, -0.25) is 0 Å². The fourth-order valence-corrected chi connectivity index (χ4v) is 3.87. The number of methoxy groups -OCH3 is 1. The summed E-state index contributed by atoms with van der Waals surface area (Å²) in [6.45, 7) is 0.604. The predicted octanol–water partition coefficient (Wildman–Crippen LogP) is 4.42. The Balaban J connectivity index is 1.90. The topological polar surface area (TPSA) is 53.5 Å².